The molecule has 1 aromatic carbocycles. The van der Waals surface area contributed by atoms with E-state index in [1.165, 1.54) is 18.2 Å². The number of amides is 1. The Morgan fingerprint density at radius 2 is 2.27 bits per heavy atom. The van der Waals surface area contributed by atoms with Crippen LogP contribution < -0.4 is 10.1 Å². The van der Waals surface area contributed by atoms with E-state index < -0.39 is 12.5 Å². The smallest absolute Gasteiger partial charge is 0.250 e. The zero-order valence-corrected chi connectivity index (χ0v) is 8.36. The Morgan fingerprint density at radius 3 is 2.87 bits per heavy atom. The van der Waals surface area contributed by atoms with Crippen LogP contribution in [0.2, 0.25) is 0 Å². The second-order valence-corrected chi connectivity index (χ2v) is 2.82. The highest BCUT2D eigenvalue weighted by molar-refractivity contribution is 5.91. The van der Waals surface area contributed by atoms with Gasteiger partial charge in [0.25, 0.3) is 0 Å². The lowest BCUT2D eigenvalue weighted by Crippen LogP contribution is -2.15. The number of phenols is 1. The van der Waals surface area contributed by atoms with Gasteiger partial charge in [-0.1, -0.05) is 0 Å². The molecule has 3 N–H and O–H groups in total. The number of nitrogens with one attached hydrogen (secondary N) is 1. The summed E-state index contributed by atoms with van der Waals surface area (Å²) in [4.78, 5) is 10.9. The molecule has 0 fully saturated rings. The first-order valence-corrected chi connectivity index (χ1v) is 4.54. The van der Waals surface area contributed by atoms with Crippen molar-refractivity contribution in [3.05, 3.63) is 18.2 Å². The van der Waals surface area contributed by atoms with E-state index in [1.807, 2.05) is 0 Å². The third-order valence-electron chi connectivity index (χ3n) is 1.69. The predicted molar refractivity (Wildman–Crippen MR) is 55.0 cm³/mol. The van der Waals surface area contributed by atoms with Gasteiger partial charge < -0.3 is 20.3 Å². The zero-order chi connectivity index (χ0) is 11.3. The van der Waals surface area contributed by atoms with Gasteiger partial charge in [-0.2, -0.15) is 0 Å². The van der Waals surface area contributed by atoms with Crippen molar-refractivity contribution in [1.82, 2.24) is 0 Å². The number of hydrogen-bond donors (Lipinski definition) is 3. The van der Waals surface area contributed by atoms with E-state index in [2.05, 4.69) is 5.32 Å². The van der Waals surface area contributed by atoms with Gasteiger partial charge >= 0.3 is 0 Å². The minimum Gasteiger partial charge on any atom is -0.504 e. The van der Waals surface area contributed by atoms with Crippen LogP contribution in [0.1, 0.15) is 6.92 Å². The first-order chi connectivity index (χ1) is 7.17. The first-order valence-electron chi connectivity index (χ1n) is 4.54. The van der Waals surface area contributed by atoms with Crippen molar-refractivity contribution in [3.63, 3.8) is 0 Å². The summed E-state index contributed by atoms with van der Waals surface area (Å²) in [6.07, 6.45) is 0. The summed E-state index contributed by atoms with van der Waals surface area (Å²) >= 11 is 0. The van der Waals surface area contributed by atoms with Crippen LogP contribution in [0.25, 0.3) is 0 Å². The van der Waals surface area contributed by atoms with E-state index in [1.54, 1.807) is 6.92 Å². The molecule has 1 amide bonds. The number of benzene rings is 1. The summed E-state index contributed by atoms with van der Waals surface area (Å²) in [6.45, 7) is 1.63. The molecule has 0 atom stereocenters. The normalized spacial score (nSPS) is 9.73. The van der Waals surface area contributed by atoms with Gasteiger partial charge in [0, 0.05) is 11.8 Å². The van der Waals surface area contributed by atoms with Crippen molar-refractivity contribution in [2.45, 2.75) is 6.92 Å². The van der Waals surface area contributed by atoms with E-state index in [0.717, 1.165) is 0 Å². The largest absolute Gasteiger partial charge is 0.504 e. The maximum atomic E-state index is 10.9. The molecule has 0 aliphatic carbocycles. The van der Waals surface area contributed by atoms with Gasteiger partial charge in [0.1, 0.15) is 6.61 Å². The number of carbonyl (C=O) groups is 1. The van der Waals surface area contributed by atoms with E-state index in [4.69, 9.17) is 9.84 Å². The van der Waals surface area contributed by atoms with Crippen LogP contribution in [0.3, 0.4) is 0 Å². The maximum Gasteiger partial charge on any atom is 0.250 e. The third-order valence-corrected chi connectivity index (χ3v) is 1.69. The lowest BCUT2D eigenvalue weighted by atomic mass is 10.2. The molecule has 0 saturated heterocycles. The van der Waals surface area contributed by atoms with Gasteiger partial charge in [-0.3, -0.25) is 4.79 Å². The number of hydrogen-bond acceptors (Lipinski definition) is 4. The molecule has 0 spiro atoms. The molecule has 0 radical (unpaired) electrons. The average molecular weight is 211 g/mol. The van der Waals surface area contributed by atoms with Crippen LogP contribution >= 0.6 is 0 Å². The molecule has 5 nitrogen and oxygen atoms in total. The summed E-state index contributed by atoms with van der Waals surface area (Å²) in [7, 11) is 0. The van der Waals surface area contributed by atoms with Crippen LogP contribution in [0.15, 0.2) is 18.2 Å². The SMILES string of the molecule is CCOc1cc(NC(=O)CO)ccc1O. The maximum absolute atomic E-state index is 10.9. The van der Waals surface area contributed by atoms with Gasteiger partial charge in [0.15, 0.2) is 11.5 Å². The number of ether oxygens (including phenoxy) is 1. The Labute approximate surface area is 87.3 Å². The molecule has 1 aromatic rings. The number of carbonyl (C=O) groups excluding carboxylic acids is 1. The molecule has 0 aromatic heterocycles. The molecule has 0 aliphatic rings. The van der Waals surface area contributed by atoms with Gasteiger partial charge in [-0.15, -0.1) is 0 Å². The predicted octanol–water partition coefficient (Wildman–Crippen LogP) is 0.722. The molecule has 82 valence electrons. The summed E-state index contributed by atoms with van der Waals surface area (Å²) in [5.41, 5.74) is 0.468. The molecular formula is C10H13NO4. The first kappa shape index (κ1) is 11.3. The van der Waals surface area contributed by atoms with E-state index >= 15 is 0 Å². The average Bonchev–Trinajstić information content (AvgIpc) is 2.23. The van der Waals surface area contributed by atoms with Crippen molar-refractivity contribution in [2.75, 3.05) is 18.5 Å². The van der Waals surface area contributed by atoms with E-state index in [9.17, 15) is 9.90 Å². The Hall–Kier alpha value is -1.75. The number of rotatable bonds is 4. The van der Waals surface area contributed by atoms with E-state index in [0.29, 0.717) is 18.0 Å². The molecule has 0 aliphatic heterocycles. The quantitative estimate of drug-likeness (QED) is 0.641. The third kappa shape index (κ3) is 3.14. The van der Waals surface area contributed by atoms with Crippen LogP contribution in [-0.4, -0.2) is 29.3 Å². The van der Waals surface area contributed by atoms with Crippen molar-refractivity contribution >= 4 is 11.6 Å². The molecule has 0 saturated carbocycles. The molecule has 0 heterocycles. The van der Waals surface area contributed by atoms with Crippen LogP contribution in [0, 0.1) is 0 Å². The lowest BCUT2D eigenvalue weighted by Gasteiger charge is -2.08. The van der Waals surface area contributed by atoms with Crippen LogP contribution in [0.5, 0.6) is 11.5 Å². The summed E-state index contributed by atoms with van der Waals surface area (Å²) in [5, 5.41) is 20.3. The lowest BCUT2D eigenvalue weighted by molar-refractivity contribution is -0.118. The summed E-state index contributed by atoms with van der Waals surface area (Å²) in [5.74, 6) is -0.199. The fourth-order valence-electron chi connectivity index (χ4n) is 1.06. The standard InChI is InChI=1S/C10H13NO4/c1-2-15-9-5-7(3-4-8(9)13)11-10(14)6-12/h3-5,12-13H,2,6H2,1H3,(H,11,14). The molecule has 0 bridgehead atoms. The van der Waals surface area contributed by atoms with Gasteiger partial charge in [0.2, 0.25) is 5.91 Å². The molecule has 5 heteroatoms. The number of phenolic OH excluding ortho intramolecular Hbond substituents is 1. The number of aromatic hydroxyl groups is 1. The molecule has 0 unspecified atom stereocenters. The Kier molecular flexibility index (Phi) is 3.93. The van der Waals surface area contributed by atoms with Crippen molar-refractivity contribution in [2.24, 2.45) is 0 Å². The monoisotopic (exact) mass is 211 g/mol. The Bertz CT molecular complexity index is 351. The highest BCUT2D eigenvalue weighted by atomic mass is 16.5. The van der Waals surface area contributed by atoms with Crippen molar-refractivity contribution < 1.29 is 19.7 Å². The Balaban J connectivity index is 2.82. The Morgan fingerprint density at radius 1 is 1.53 bits per heavy atom. The highest BCUT2D eigenvalue weighted by Crippen LogP contribution is 2.28. The molecule has 15 heavy (non-hydrogen) atoms. The summed E-state index contributed by atoms with van der Waals surface area (Å²) < 4.78 is 5.13. The van der Waals surface area contributed by atoms with Gasteiger partial charge in [-0.25, -0.2) is 0 Å². The van der Waals surface area contributed by atoms with E-state index in [-0.39, 0.29) is 5.75 Å². The topological polar surface area (TPSA) is 78.8 Å². The molecule has 1 rings (SSSR count). The second kappa shape index (κ2) is 5.21. The number of aliphatic hydroxyl groups excluding tert-OH is 1. The zero-order valence-electron chi connectivity index (χ0n) is 8.36. The van der Waals surface area contributed by atoms with Crippen LogP contribution in [0.4, 0.5) is 5.69 Å². The highest BCUT2D eigenvalue weighted by Gasteiger charge is 2.05. The number of anilines is 1. The minimum atomic E-state index is -0.579. The fraction of sp³-hybridized carbons (Fsp3) is 0.300. The number of aliphatic hydroxyl groups is 1. The van der Waals surface area contributed by atoms with Crippen LogP contribution in [-0.2, 0) is 4.79 Å². The van der Waals surface area contributed by atoms with Crippen molar-refractivity contribution in [1.29, 1.82) is 0 Å². The fourth-order valence-corrected chi connectivity index (χ4v) is 1.06. The summed E-state index contributed by atoms with van der Waals surface area (Å²) in [6, 6.07) is 4.43. The molecular weight excluding hydrogens is 198 g/mol. The van der Waals surface area contributed by atoms with Gasteiger partial charge in [0.05, 0.1) is 6.61 Å². The van der Waals surface area contributed by atoms with Gasteiger partial charge in [-0.05, 0) is 19.1 Å². The minimum absolute atomic E-state index is 0.0128. The van der Waals surface area contributed by atoms with Crippen molar-refractivity contribution in [3.8, 4) is 11.5 Å². The second-order valence-electron chi connectivity index (χ2n) is 2.82.